The van der Waals surface area contributed by atoms with Crippen LogP contribution in [0.2, 0.25) is 0 Å². The van der Waals surface area contributed by atoms with E-state index < -0.39 is 24.4 Å². The van der Waals surface area contributed by atoms with E-state index in [1.165, 1.54) is 7.11 Å². The number of hydrogen-bond donors (Lipinski definition) is 2. The van der Waals surface area contributed by atoms with Crippen molar-refractivity contribution in [2.75, 3.05) is 25.6 Å². The van der Waals surface area contributed by atoms with Gasteiger partial charge in [0.05, 0.1) is 24.9 Å². The maximum atomic E-state index is 12.1. The predicted molar refractivity (Wildman–Crippen MR) is 110 cm³/mol. The highest BCUT2D eigenvalue weighted by Gasteiger charge is 2.13. The van der Waals surface area contributed by atoms with Crippen LogP contribution in [0, 0.1) is 6.92 Å². The van der Waals surface area contributed by atoms with E-state index in [9.17, 15) is 14.4 Å². The zero-order valence-corrected chi connectivity index (χ0v) is 17.1. The summed E-state index contributed by atoms with van der Waals surface area (Å²) in [7, 11) is 1.51. The molecule has 0 aliphatic heterocycles. The molecule has 0 aromatic heterocycles. The fourth-order valence-corrected chi connectivity index (χ4v) is 2.56. The van der Waals surface area contributed by atoms with Crippen molar-refractivity contribution in [1.29, 1.82) is 0 Å². The Kier molecular flexibility index (Phi) is 7.77. The average molecular weight is 398 g/mol. The van der Waals surface area contributed by atoms with Gasteiger partial charge in [0.2, 0.25) is 5.91 Å². The molecule has 29 heavy (non-hydrogen) atoms. The van der Waals surface area contributed by atoms with Crippen molar-refractivity contribution in [3.05, 3.63) is 59.2 Å². The Labute approximate surface area is 170 Å². The van der Waals surface area contributed by atoms with E-state index >= 15 is 0 Å². The Balaban J connectivity index is 1.78. The van der Waals surface area contributed by atoms with Crippen LogP contribution in [0.25, 0.3) is 0 Å². The molecule has 154 valence electrons. The summed E-state index contributed by atoms with van der Waals surface area (Å²) in [6.45, 7) is 5.29. The highest BCUT2D eigenvalue weighted by Crippen LogP contribution is 2.24. The number of carbonyl (C=O) groups is 3. The zero-order valence-electron chi connectivity index (χ0n) is 17.1. The fraction of sp³-hybridized carbons (Fsp3) is 0.318. The van der Waals surface area contributed by atoms with E-state index in [1.807, 2.05) is 25.1 Å². The summed E-state index contributed by atoms with van der Waals surface area (Å²) in [4.78, 5) is 35.9. The van der Waals surface area contributed by atoms with E-state index in [-0.39, 0.29) is 6.54 Å². The van der Waals surface area contributed by atoms with Gasteiger partial charge in [-0.25, -0.2) is 4.79 Å². The topological polar surface area (TPSA) is 93.7 Å². The van der Waals surface area contributed by atoms with Crippen molar-refractivity contribution >= 4 is 23.5 Å². The lowest BCUT2D eigenvalue weighted by Gasteiger charge is -2.11. The summed E-state index contributed by atoms with van der Waals surface area (Å²) < 4.78 is 10.2. The van der Waals surface area contributed by atoms with E-state index in [0.717, 1.165) is 11.1 Å². The van der Waals surface area contributed by atoms with Crippen LogP contribution in [0.15, 0.2) is 42.5 Å². The lowest BCUT2D eigenvalue weighted by Crippen LogP contribution is -2.35. The molecule has 0 bridgehead atoms. The number of rotatable bonds is 8. The minimum Gasteiger partial charge on any atom is -0.495 e. The van der Waals surface area contributed by atoms with Crippen LogP contribution < -0.4 is 15.4 Å². The first-order valence-corrected chi connectivity index (χ1v) is 9.28. The molecule has 2 aromatic carbocycles. The van der Waals surface area contributed by atoms with Gasteiger partial charge in [-0.3, -0.25) is 9.59 Å². The van der Waals surface area contributed by atoms with Crippen LogP contribution in [0.1, 0.15) is 41.3 Å². The monoisotopic (exact) mass is 398 g/mol. The Morgan fingerprint density at radius 3 is 2.31 bits per heavy atom. The second kappa shape index (κ2) is 10.3. The molecule has 0 aliphatic rings. The molecule has 0 aliphatic carbocycles. The molecular formula is C22H26N2O5. The number of amides is 2. The van der Waals surface area contributed by atoms with Gasteiger partial charge in [-0.15, -0.1) is 0 Å². The van der Waals surface area contributed by atoms with Crippen molar-refractivity contribution in [2.24, 2.45) is 0 Å². The van der Waals surface area contributed by atoms with Crippen molar-refractivity contribution in [3.63, 3.8) is 0 Å². The third-order valence-electron chi connectivity index (χ3n) is 4.22. The highest BCUT2D eigenvalue weighted by molar-refractivity contribution is 5.96. The van der Waals surface area contributed by atoms with Crippen LogP contribution >= 0.6 is 0 Å². The molecule has 2 N–H and O–H groups in total. The van der Waals surface area contributed by atoms with Crippen LogP contribution in [-0.2, 0) is 14.3 Å². The summed E-state index contributed by atoms with van der Waals surface area (Å²) in [6.07, 6.45) is 0. The number of aryl methyl sites for hydroxylation is 1. The molecule has 0 atom stereocenters. The first-order valence-electron chi connectivity index (χ1n) is 9.28. The lowest BCUT2D eigenvalue weighted by molar-refractivity contribution is -0.126. The summed E-state index contributed by atoms with van der Waals surface area (Å²) in [5.41, 5.74) is 2.95. The molecule has 0 fully saturated rings. The van der Waals surface area contributed by atoms with Gasteiger partial charge in [0.1, 0.15) is 5.75 Å². The van der Waals surface area contributed by atoms with Crippen molar-refractivity contribution in [2.45, 2.75) is 26.7 Å². The molecule has 2 aromatic rings. The smallest absolute Gasteiger partial charge is 0.338 e. The SMILES string of the molecule is COc1ccc(C)cc1NC(=O)CNC(=O)COC(=O)c1ccc(C(C)C)cc1. The number of carbonyl (C=O) groups excluding carboxylic acids is 3. The van der Waals surface area contributed by atoms with Gasteiger partial charge in [0.25, 0.3) is 5.91 Å². The zero-order chi connectivity index (χ0) is 21.4. The molecule has 0 saturated carbocycles. The quantitative estimate of drug-likeness (QED) is 0.667. The molecule has 2 rings (SSSR count). The van der Waals surface area contributed by atoms with Gasteiger partial charge in [-0.1, -0.05) is 32.0 Å². The molecular weight excluding hydrogens is 372 g/mol. The van der Waals surface area contributed by atoms with E-state index in [4.69, 9.17) is 9.47 Å². The molecule has 7 heteroatoms. The number of benzene rings is 2. The van der Waals surface area contributed by atoms with Gasteiger partial charge in [0.15, 0.2) is 6.61 Å². The van der Waals surface area contributed by atoms with Gasteiger partial charge in [0, 0.05) is 0 Å². The summed E-state index contributed by atoms with van der Waals surface area (Å²) in [6, 6.07) is 12.4. The van der Waals surface area contributed by atoms with Crippen molar-refractivity contribution < 1.29 is 23.9 Å². The van der Waals surface area contributed by atoms with Crippen LogP contribution in [-0.4, -0.2) is 38.0 Å². The minimum absolute atomic E-state index is 0.253. The molecule has 0 radical (unpaired) electrons. The number of nitrogens with one attached hydrogen (secondary N) is 2. The second-order valence-electron chi connectivity index (χ2n) is 6.88. The minimum atomic E-state index is -0.593. The average Bonchev–Trinajstić information content (AvgIpc) is 2.70. The number of methoxy groups -OCH3 is 1. The second-order valence-corrected chi connectivity index (χ2v) is 6.88. The van der Waals surface area contributed by atoms with E-state index in [1.54, 1.807) is 24.3 Å². The standard InChI is InChI=1S/C22H26N2O5/c1-14(2)16-6-8-17(9-7-16)22(27)29-13-21(26)23-12-20(25)24-18-11-15(3)5-10-19(18)28-4/h5-11,14H,12-13H2,1-4H3,(H,23,26)(H,24,25). The third-order valence-corrected chi connectivity index (χ3v) is 4.22. The molecule has 0 spiro atoms. The molecule has 0 unspecified atom stereocenters. The van der Waals surface area contributed by atoms with E-state index in [0.29, 0.717) is 22.9 Å². The van der Waals surface area contributed by atoms with Crippen molar-refractivity contribution in [3.8, 4) is 5.75 Å². The Bertz CT molecular complexity index is 875. The number of hydrogen-bond acceptors (Lipinski definition) is 5. The van der Waals surface area contributed by atoms with Gasteiger partial charge in [-0.05, 0) is 48.2 Å². The normalized spacial score (nSPS) is 10.4. The first-order chi connectivity index (χ1) is 13.8. The largest absolute Gasteiger partial charge is 0.495 e. The van der Waals surface area contributed by atoms with Crippen molar-refractivity contribution in [1.82, 2.24) is 5.32 Å². The highest BCUT2D eigenvalue weighted by atomic mass is 16.5. The molecule has 2 amide bonds. The molecule has 0 heterocycles. The molecule has 7 nitrogen and oxygen atoms in total. The maximum absolute atomic E-state index is 12.1. The third kappa shape index (κ3) is 6.64. The van der Waals surface area contributed by atoms with Gasteiger partial charge in [-0.2, -0.15) is 0 Å². The van der Waals surface area contributed by atoms with Crippen LogP contribution in [0.5, 0.6) is 5.75 Å². The fourth-order valence-electron chi connectivity index (χ4n) is 2.56. The number of esters is 1. The summed E-state index contributed by atoms with van der Waals surface area (Å²) >= 11 is 0. The summed E-state index contributed by atoms with van der Waals surface area (Å²) in [5.74, 6) is -0.699. The first kappa shape index (κ1) is 21.9. The van der Waals surface area contributed by atoms with Gasteiger partial charge >= 0.3 is 5.97 Å². The lowest BCUT2D eigenvalue weighted by atomic mass is 10.0. The Hall–Kier alpha value is -3.35. The van der Waals surface area contributed by atoms with Crippen LogP contribution in [0.4, 0.5) is 5.69 Å². The van der Waals surface area contributed by atoms with E-state index in [2.05, 4.69) is 24.5 Å². The Morgan fingerprint density at radius 2 is 1.69 bits per heavy atom. The number of ether oxygens (including phenoxy) is 2. The number of anilines is 1. The van der Waals surface area contributed by atoms with Gasteiger partial charge < -0.3 is 20.1 Å². The molecule has 0 saturated heterocycles. The van der Waals surface area contributed by atoms with Crippen LogP contribution in [0.3, 0.4) is 0 Å². The summed E-state index contributed by atoms with van der Waals surface area (Å²) in [5, 5.41) is 5.09. The maximum Gasteiger partial charge on any atom is 0.338 e. The predicted octanol–water partition coefficient (Wildman–Crippen LogP) is 3.04. The Morgan fingerprint density at radius 1 is 1.00 bits per heavy atom.